The Bertz CT molecular complexity index is 793. The summed E-state index contributed by atoms with van der Waals surface area (Å²) in [5, 5.41) is 7.76. The fourth-order valence-electron chi connectivity index (χ4n) is 1.81. The second-order valence-electron chi connectivity index (χ2n) is 6.13. The third-order valence-corrected chi connectivity index (χ3v) is 3.75. The van der Waals surface area contributed by atoms with Crippen LogP contribution in [0.5, 0.6) is 0 Å². The molecule has 0 spiro atoms. The van der Waals surface area contributed by atoms with Crippen molar-refractivity contribution < 1.29 is 106 Å². The average Bonchev–Trinajstić information content (AvgIpc) is 2.57. The Morgan fingerprint density at radius 3 is 0.811 bits per heavy atom. The summed E-state index contributed by atoms with van der Waals surface area (Å²) < 4.78 is 285. The Morgan fingerprint density at radius 1 is 0.432 bits per heavy atom. The average molecular weight is 637 g/mol. The van der Waals surface area contributed by atoms with Crippen LogP contribution >= 0.6 is 0 Å². The SMILES string of the molecule is O=C(O)C(F)(F)C(F)(F)N(C(F)(F)C(F)(F)C(F)(F)C(F)(F)F)C(F)(F)C(F)(F)C(F)(F)C(F)(F)F.[Ca]. The van der Waals surface area contributed by atoms with E-state index in [1.165, 1.54) is 0 Å². The third-order valence-electron chi connectivity index (χ3n) is 3.75. The van der Waals surface area contributed by atoms with Gasteiger partial charge in [0.15, 0.2) is 0 Å². The zero-order chi connectivity index (χ0) is 30.2. The number of carboxylic acids is 1. The minimum Gasteiger partial charge on any atom is -0.477 e. The van der Waals surface area contributed by atoms with Gasteiger partial charge in [0, 0.05) is 37.7 Å². The van der Waals surface area contributed by atoms with Gasteiger partial charge in [0.05, 0.1) is 0 Å². The number of alkyl halides is 22. The molecule has 0 aliphatic rings. The van der Waals surface area contributed by atoms with E-state index in [4.69, 9.17) is 5.11 Å². The van der Waals surface area contributed by atoms with E-state index in [0.717, 1.165) is 0 Å². The second-order valence-corrected chi connectivity index (χ2v) is 6.13. The van der Waals surface area contributed by atoms with Crippen molar-refractivity contribution in [1.29, 1.82) is 0 Å². The molecule has 2 radical (unpaired) electrons. The van der Waals surface area contributed by atoms with E-state index in [1.807, 2.05) is 0 Å². The molecule has 0 saturated carbocycles. The molecule has 3 nitrogen and oxygen atoms in total. The van der Waals surface area contributed by atoms with Gasteiger partial charge in [-0.05, 0) is 0 Å². The summed E-state index contributed by atoms with van der Waals surface area (Å²) in [4.78, 5) is 4.48. The summed E-state index contributed by atoms with van der Waals surface area (Å²) in [7, 11) is 0. The van der Waals surface area contributed by atoms with E-state index in [0.29, 0.717) is 0 Å². The predicted octanol–water partition coefficient (Wildman–Crippen LogP) is 6.07. The maximum Gasteiger partial charge on any atom is 0.460 e. The fraction of sp³-hybridized carbons (Fsp3) is 0.909. The Morgan fingerprint density at radius 2 is 0.649 bits per heavy atom. The van der Waals surface area contributed by atoms with E-state index < -0.39 is 71.0 Å². The number of hydrogen-bond acceptors (Lipinski definition) is 2. The first-order chi connectivity index (χ1) is 15.1. The first-order valence-corrected chi connectivity index (χ1v) is 7.26. The maximum atomic E-state index is 13.7. The van der Waals surface area contributed by atoms with Crippen molar-refractivity contribution >= 4 is 43.7 Å². The number of hydrogen-bond donors (Lipinski definition) is 1. The largest absolute Gasteiger partial charge is 0.477 e. The number of aliphatic carboxylic acids is 1. The molecule has 0 unspecified atom stereocenters. The van der Waals surface area contributed by atoms with Crippen LogP contribution in [0.15, 0.2) is 0 Å². The molecule has 0 amide bonds. The standard InChI is InChI=1S/C11HF22NO2.Ca/c12-2(13,1(35)36)9(28,29)34(10(30,31)5(18,19)3(14,15)7(22,23)24)11(32,33)6(20,21)4(16,17)8(25,26)27;/h(H,35,36);. The molecule has 0 atom stereocenters. The summed E-state index contributed by atoms with van der Waals surface area (Å²) in [6.45, 7) is 0. The third kappa shape index (κ3) is 5.20. The molecule has 0 saturated heterocycles. The summed E-state index contributed by atoms with van der Waals surface area (Å²) in [6.07, 6.45) is -16.4. The number of rotatable bonds is 9. The normalized spacial score (nSPS) is 16.1. The van der Waals surface area contributed by atoms with Crippen molar-refractivity contribution in [3.63, 3.8) is 0 Å². The van der Waals surface area contributed by atoms with Crippen molar-refractivity contribution in [2.75, 3.05) is 0 Å². The van der Waals surface area contributed by atoms with Gasteiger partial charge in [0.1, 0.15) is 0 Å². The van der Waals surface area contributed by atoms with E-state index in [-0.39, 0.29) is 37.7 Å². The maximum absolute atomic E-state index is 13.7. The Kier molecular flexibility index (Phi) is 10.00. The molecule has 0 rings (SSSR count). The van der Waals surface area contributed by atoms with Gasteiger partial charge >= 0.3 is 66.1 Å². The molecule has 0 aliphatic heterocycles. The van der Waals surface area contributed by atoms with Gasteiger partial charge in [-0.1, -0.05) is 0 Å². The molecule has 0 aromatic heterocycles. The van der Waals surface area contributed by atoms with Gasteiger partial charge < -0.3 is 5.11 Å². The predicted molar refractivity (Wildman–Crippen MR) is 66.9 cm³/mol. The van der Waals surface area contributed by atoms with Gasteiger partial charge in [-0.2, -0.15) is 96.6 Å². The number of nitrogens with zero attached hydrogens (tertiary/aromatic N) is 1. The molecule has 1 N–H and O–H groups in total. The van der Waals surface area contributed by atoms with Gasteiger partial charge in [-0.3, -0.25) is 0 Å². The summed E-state index contributed by atoms with van der Waals surface area (Å²) in [5.41, 5.74) is 0. The molecular formula is C11HCaF22NO2. The van der Waals surface area contributed by atoms with Crippen LogP contribution in [0.2, 0.25) is 0 Å². The van der Waals surface area contributed by atoms with Gasteiger partial charge in [-0.25, -0.2) is 4.79 Å². The first kappa shape index (κ1) is 38.3. The van der Waals surface area contributed by atoms with Crippen molar-refractivity contribution in [1.82, 2.24) is 4.90 Å². The van der Waals surface area contributed by atoms with E-state index >= 15 is 0 Å². The molecule has 0 aromatic rings. The Labute approximate surface area is 215 Å². The summed E-state index contributed by atoms with van der Waals surface area (Å²) in [5.74, 6) is -48.5. The first-order valence-electron chi connectivity index (χ1n) is 7.26. The molecular weight excluding hydrogens is 636 g/mol. The fourth-order valence-corrected chi connectivity index (χ4v) is 1.81. The van der Waals surface area contributed by atoms with Crippen LogP contribution in [0.25, 0.3) is 0 Å². The van der Waals surface area contributed by atoms with Gasteiger partial charge in [0.2, 0.25) is 0 Å². The van der Waals surface area contributed by atoms with Crippen LogP contribution in [0.4, 0.5) is 96.6 Å². The van der Waals surface area contributed by atoms with Crippen LogP contribution in [-0.4, -0.2) is 114 Å². The Hall–Kier alpha value is -0.850. The van der Waals surface area contributed by atoms with E-state index in [2.05, 4.69) is 0 Å². The molecule has 0 bridgehead atoms. The Balaban J connectivity index is 0. The monoisotopic (exact) mass is 637 g/mol. The smallest absolute Gasteiger partial charge is 0.460 e. The second kappa shape index (κ2) is 9.66. The van der Waals surface area contributed by atoms with Gasteiger partial charge in [-0.15, -0.1) is 4.90 Å². The minimum atomic E-state index is -9.33. The van der Waals surface area contributed by atoms with Crippen LogP contribution in [-0.2, 0) is 4.79 Å². The topological polar surface area (TPSA) is 40.5 Å². The minimum absolute atomic E-state index is 0. The van der Waals surface area contributed by atoms with E-state index in [9.17, 15) is 101 Å². The summed E-state index contributed by atoms with van der Waals surface area (Å²) >= 11 is 0. The van der Waals surface area contributed by atoms with Crippen LogP contribution in [0, 0.1) is 0 Å². The zero-order valence-electron chi connectivity index (χ0n) is 15.8. The van der Waals surface area contributed by atoms with Gasteiger partial charge in [0.25, 0.3) is 0 Å². The molecule has 0 fully saturated rings. The number of halogens is 22. The van der Waals surface area contributed by atoms with Crippen molar-refractivity contribution in [2.45, 2.75) is 60.1 Å². The van der Waals surface area contributed by atoms with Crippen molar-refractivity contribution in [3.8, 4) is 0 Å². The number of carboxylic acid groups (broad SMARTS) is 1. The molecule has 26 heteroatoms. The molecule has 218 valence electrons. The molecule has 0 heterocycles. The quantitative estimate of drug-likeness (QED) is 0.190. The molecule has 0 aromatic carbocycles. The van der Waals surface area contributed by atoms with Crippen LogP contribution in [0.3, 0.4) is 0 Å². The summed E-state index contributed by atoms with van der Waals surface area (Å²) in [6, 6.07) is -27.5. The molecule has 37 heavy (non-hydrogen) atoms. The van der Waals surface area contributed by atoms with Crippen LogP contribution < -0.4 is 0 Å². The number of carbonyl (C=O) groups is 1. The van der Waals surface area contributed by atoms with Crippen molar-refractivity contribution in [3.05, 3.63) is 0 Å². The van der Waals surface area contributed by atoms with Crippen molar-refractivity contribution in [2.24, 2.45) is 0 Å². The van der Waals surface area contributed by atoms with Crippen LogP contribution in [0.1, 0.15) is 0 Å². The molecule has 0 aliphatic carbocycles. The van der Waals surface area contributed by atoms with E-state index in [1.54, 1.807) is 0 Å². The zero-order valence-corrected chi connectivity index (χ0v) is 18.0.